The fourth-order valence-corrected chi connectivity index (χ4v) is 2.82. The summed E-state index contributed by atoms with van der Waals surface area (Å²) >= 11 is 0. The molecule has 3 rings (SSSR count). The quantitative estimate of drug-likeness (QED) is 0.861. The maximum atomic E-state index is 5.21. The number of hydrogen-bond donors (Lipinski definition) is 0. The second-order valence-electron chi connectivity index (χ2n) is 5.48. The molecule has 0 aliphatic carbocycles. The summed E-state index contributed by atoms with van der Waals surface area (Å²) in [6.07, 6.45) is 9.29. The summed E-state index contributed by atoms with van der Waals surface area (Å²) in [4.78, 5) is 11.2. The number of rotatable bonds is 4. The van der Waals surface area contributed by atoms with Gasteiger partial charge in [-0.05, 0) is 31.7 Å². The van der Waals surface area contributed by atoms with Gasteiger partial charge in [0.1, 0.15) is 0 Å². The summed E-state index contributed by atoms with van der Waals surface area (Å²) in [5.41, 5.74) is 1.19. The van der Waals surface area contributed by atoms with E-state index < -0.39 is 0 Å². The molecule has 1 aliphatic heterocycles. The van der Waals surface area contributed by atoms with Gasteiger partial charge in [-0.15, -0.1) is 0 Å². The van der Waals surface area contributed by atoms with E-state index >= 15 is 0 Å². The van der Waals surface area contributed by atoms with Crippen molar-refractivity contribution >= 4 is 5.95 Å². The normalized spacial score (nSPS) is 18.8. The minimum absolute atomic E-state index is 0.380. The minimum atomic E-state index is 0.380. The molecule has 1 fully saturated rings. The predicted molar refractivity (Wildman–Crippen MR) is 80.5 cm³/mol. The highest BCUT2D eigenvalue weighted by molar-refractivity contribution is 5.34. The summed E-state index contributed by atoms with van der Waals surface area (Å²) in [6, 6.07) is 2.16. The molecular weight excluding hydrogens is 266 g/mol. The zero-order valence-electron chi connectivity index (χ0n) is 12.6. The molecule has 21 heavy (non-hydrogen) atoms. The zero-order valence-corrected chi connectivity index (χ0v) is 12.6. The van der Waals surface area contributed by atoms with Gasteiger partial charge < -0.3 is 9.64 Å². The van der Waals surface area contributed by atoms with Crippen LogP contribution in [-0.2, 0) is 6.54 Å². The lowest BCUT2D eigenvalue weighted by Crippen LogP contribution is -2.43. The lowest BCUT2D eigenvalue weighted by Gasteiger charge is -2.35. The summed E-state index contributed by atoms with van der Waals surface area (Å²) in [5, 5.41) is 4.40. The third-order valence-electron chi connectivity index (χ3n) is 3.87. The molecule has 2 aromatic rings. The first-order valence-electron chi connectivity index (χ1n) is 7.39. The molecule has 2 aromatic heterocycles. The fourth-order valence-electron chi connectivity index (χ4n) is 2.82. The number of anilines is 1. The van der Waals surface area contributed by atoms with Gasteiger partial charge in [0.25, 0.3) is 0 Å². The first-order valence-corrected chi connectivity index (χ1v) is 7.39. The van der Waals surface area contributed by atoms with E-state index in [1.807, 2.05) is 10.9 Å². The van der Waals surface area contributed by atoms with E-state index in [0.29, 0.717) is 11.9 Å². The van der Waals surface area contributed by atoms with Crippen molar-refractivity contribution in [3.05, 3.63) is 30.2 Å². The Balaban J connectivity index is 1.80. The van der Waals surface area contributed by atoms with Gasteiger partial charge in [-0.2, -0.15) is 10.1 Å². The van der Waals surface area contributed by atoms with Gasteiger partial charge in [-0.1, -0.05) is 0 Å². The van der Waals surface area contributed by atoms with E-state index in [9.17, 15) is 0 Å². The van der Waals surface area contributed by atoms with Crippen LogP contribution in [0.4, 0.5) is 5.95 Å². The number of aryl methyl sites for hydroxylation is 1. The molecule has 0 spiro atoms. The molecular formula is C15H21N5O. The first kappa shape index (κ1) is 13.9. The van der Waals surface area contributed by atoms with Crippen LogP contribution in [0.5, 0.6) is 5.88 Å². The van der Waals surface area contributed by atoms with Crippen LogP contribution in [0.1, 0.15) is 24.8 Å². The van der Waals surface area contributed by atoms with Crippen LogP contribution in [-0.4, -0.2) is 39.4 Å². The van der Waals surface area contributed by atoms with Crippen LogP contribution in [0.15, 0.2) is 24.7 Å². The molecule has 0 radical (unpaired) electrons. The van der Waals surface area contributed by atoms with Crippen molar-refractivity contribution in [2.45, 2.75) is 38.8 Å². The van der Waals surface area contributed by atoms with Crippen molar-refractivity contribution in [1.29, 1.82) is 0 Å². The number of hydrogen-bond acceptors (Lipinski definition) is 5. The molecule has 0 unspecified atom stereocenters. The van der Waals surface area contributed by atoms with E-state index in [1.54, 1.807) is 19.4 Å². The largest absolute Gasteiger partial charge is 0.481 e. The standard InChI is InChI=1S/C15H21N5O/c1-12-9-17-19(10-12)11-13-5-3-4-8-20(13)15-16-7-6-14(18-15)21-2/h6-7,9-10,13H,3-5,8,11H2,1-2H3/t13-/m0/s1. The summed E-state index contributed by atoms with van der Waals surface area (Å²) < 4.78 is 7.22. The van der Waals surface area contributed by atoms with E-state index in [2.05, 4.69) is 33.1 Å². The fraction of sp³-hybridized carbons (Fsp3) is 0.533. The van der Waals surface area contributed by atoms with Gasteiger partial charge >= 0.3 is 0 Å². The van der Waals surface area contributed by atoms with Crippen molar-refractivity contribution in [3.8, 4) is 5.88 Å². The van der Waals surface area contributed by atoms with E-state index in [4.69, 9.17) is 4.74 Å². The second-order valence-corrected chi connectivity index (χ2v) is 5.48. The Morgan fingerprint density at radius 3 is 3.05 bits per heavy atom. The third-order valence-corrected chi connectivity index (χ3v) is 3.87. The minimum Gasteiger partial charge on any atom is -0.481 e. The highest BCUT2D eigenvalue weighted by Gasteiger charge is 2.25. The van der Waals surface area contributed by atoms with Crippen molar-refractivity contribution in [1.82, 2.24) is 19.7 Å². The molecule has 0 aromatic carbocycles. The average molecular weight is 287 g/mol. The highest BCUT2D eigenvalue weighted by Crippen LogP contribution is 2.24. The lowest BCUT2D eigenvalue weighted by molar-refractivity contribution is 0.381. The Morgan fingerprint density at radius 1 is 1.38 bits per heavy atom. The monoisotopic (exact) mass is 287 g/mol. The van der Waals surface area contributed by atoms with Crippen molar-refractivity contribution < 1.29 is 4.74 Å². The summed E-state index contributed by atoms with van der Waals surface area (Å²) in [6.45, 7) is 3.92. The number of nitrogens with zero attached hydrogens (tertiary/aromatic N) is 5. The lowest BCUT2D eigenvalue weighted by atomic mass is 10.0. The molecule has 1 saturated heterocycles. The number of methoxy groups -OCH3 is 1. The third kappa shape index (κ3) is 3.15. The maximum absolute atomic E-state index is 5.21. The van der Waals surface area contributed by atoms with Crippen LogP contribution in [0.3, 0.4) is 0 Å². The molecule has 0 N–H and O–H groups in total. The van der Waals surface area contributed by atoms with Gasteiger partial charge in [0.15, 0.2) is 0 Å². The molecule has 1 atom stereocenters. The zero-order chi connectivity index (χ0) is 14.7. The van der Waals surface area contributed by atoms with E-state index in [0.717, 1.165) is 25.5 Å². The van der Waals surface area contributed by atoms with Crippen LogP contribution < -0.4 is 9.64 Å². The Morgan fingerprint density at radius 2 is 2.29 bits per heavy atom. The molecule has 0 amide bonds. The molecule has 6 heteroatoms. The Bertz CT molecular complexity index is 597. The van der Waals surface area contributed by atoms with Gasteiger partial charge in [0.05, 0.1) is 25.9 Å². The Labute approximate surface area is 124 Å². The van der Waals surface area contributed by atoms with Crippen molar-refractivity contribution in [3.63, 3.8) is 0 Å². The molecule has 6 nitrogen and oxygen atoms in total. The second kappa shape index (κ2) is 6.11. The van der Waals surface area contributed by atoms with Crippen LogP contribution >= 0.6 is 0 Å². The summed E-state index contributed by atoms with van der Waals surface area (Å²) in [7, 11) is 1.63. The molecule has 3 heterocycles. The SMILES string of the molecule is COc1ccnc(N2CCCC[C@H]2Cn2cc(C)cn2)n1. The highest BCUT2D eigenvalue weighted by atomic mass is 16.5. The molecule has 112 valence electrons. The average Bonchev–Trinajstić information content (AvgIpc) is 2.93. The molecule has 0 saturated carbocycles. The van der Waals surface area contributed by atoms with Crippen molar-refractivity contribution in [2.75, 3.05) is 18.6 Å². The maximum Gasteiger partial charge on any atom is 0.228 e. The number of piperidine rings is 1. The number of ether oxygens (including phenoxy) is 1. The van der Waals surface area contributed by atoms with Gasteiger partial charge in [-0.25, -0.2) is 4.98 Å². The molecule has 0 bridgehead atoms. The topological polar surface area (TPSA) is 56.1 Å². The van der Waals surface area contributed by atoms with Gasteiger partial charge in [0.2, 0.25) is 11.8 Å². The smallest absolute Gasteiger partial charge is 0.228 e. The summed E-state index contributed by atoms with van der Waals surface area (Å²) in [5.74, 6) is 1.36. The van der Waals surface area contributed by atoms with Crippen LogP contribution in [0.2, 0.25) is 0 Å². The predicted octanol–water partition coefficient (Wildman–Crippen LogP) is 2.05. The van der Waals surface area contributed by atoms with E-state index in [1.165, 1.54) is 18.4 Å². The van der Waals surface area contributed by atoms with Crippen LogP contribution in [0.25, 0.3) is 0 Å². The first-order chi connectivity index (χ1) is 10.3. The Kier molecular flexibility index (Phi) is 4.03. The van der Waals surface area contributed by atoms with Crippen molar-refractivity contribution in [2.24, 2.45) is 0 Å². The number of aromatic nitrogens is 4. The van der Waals surface area contributed by atoms with Gasteiger partial charge in [-0.3, -0.25) is 4.68 Å². The van der Waals surface area contributed by atoms with Gasteiger partial charge in [0, 0.05) is 25.0 Å². The van der Waals surface area contributed by atoms with Crippen LogP contribution in [0, 0.1) is 6.92 Å². The Hall–Kier alpha value is -2.11. The molecule has 1 aliphatic rings. The van der Waals surface area contributed by atoms with E-state index in [-0.39, 0.29) is 0 Å².